The first-order valence-electron chi connectivity index (χ1n) is 10.1. The van der Waals surface area contributed by atoms with E-state index in [2.05, 4.69) is 58.3 Å². The van der Waals surface area contributed by atoms with Gasteiger partial charge in [-0.25, -0.2) is 0 Å². The van der Waals surface area contributed by atoms with Crippen molar-refractivity contribution in [1.29, 1.82) is 0 Å². The molecule has 1 saturated heterocycles. The molecule has 0 unspecified atom stereocenters. The Balaban J connectivity index is 0.00000300. The molecule has 5 nitrogen and oxygen atoms in total. The van der Waals surface area contributed by atoms with Crippen LogP contribution in [0.1, 0.15) is 30.1 Å². The van der Waals surface area contributed by atoms with Crippen molar-refractivity contribution >= 4 is 18.4 Å². The van der Waals surface area contributed by atoms with Gasteiger partial charge in [-0.3, -0.25) is 9.69 Å². The third kappa shape index (κ3) is 7.78. The van der Waals surface area contributed by atoms with Gasteiger partial charge in [0, 0.05) is 39.1 Å². The molecule has 158 valence electrons. The van der Waals surface area contributed by atoms with Gasteiger partial charge in [0.2, 0.25) is 0 Å². The Morgan fingerprint density at radius 1 is 0.862 bits per heavy atom. The average Bonchev–Trinajstić information content (AvgIpc) is 2.73. The number of aliphatic carboxylic acids is 1. The number of carbonyl (C=O) groups is 1. The molecule has 0 amide bonds. The maximum atomic E-state index is 10.6. The number of carboxylic acids is 1. The van der Waals surface area contributed by atoms with Crippen LogP contribution in [0.3, 0.4) is 0 Å². The first-order valence-corrected chi connectivity index (χ1v) is 10.1. The van der Waals surface area contributed by atoms with Crippen molar-refractivity contribution in [2.24, 2.45) is 0 Å². The highest BCUT2D eigenvalue weighted by Crippen LogP contribution is 2.25. The predicted molar refractivity (Wildman–Crippen MR) is 118 cm³/mol. The first kappa shape index (κ1) is 23.4. The van der Waals surface area contributed by atoms with Gasteiger partial charge >= 0.3 is 5.97 Å². The van der Waals surface area contributed by atoms with E-state index in [-0.39, 0.29) is 24.9 Å². The van der Waals surface area contributed by atoms with Crippen LogP contribution in [0.5, 0.6) is 0 Å². The van der Waals surface area contributed by atoms with Crippen molar-refractivity contribution in [3.8, 4) is 0 Å². The van der Waals surface area contributed by atoms with Crippen LogP contribution < -0.4 is 0 Å². The van der Waals surface area contributed by atoms with E-state index in [0.29, 0.717) is 6.61 Å². The lowest BCUT2D eigenvalue weighted by atomic mass is 10.0. The summed E-state index contributed by atoms with van der Waals surface area (Å²) in [7, 11) is 0. The normalized spacial score (nSPS) is 15.2. The second kappa shape index (κ2) is 12.6. The fraction of sp³-hybridized carbons (Fsp3) is 0.435. The molecule has 0 radical (unpaired) electrons. The van der Waals surface area contributed by atoms with Crippen LogP contribution in [-0.4, -0.2) is 66.8 Å². The fourth-order valence-corrected chi connectivity index (χ4v) is 3.63. The van der Waals surface area contributed by atoms with Crippen molar-refractivity contribution in [2.75, 3.05) is 45.9 Å². The summed E-state index contributed by atoms with van der Waals surface area (Å²) in [5.74, 6) is -0.706. The minimum atomic E-state index is -0.706. The second-order valence-electron chi connectivity index (χ2n) is 7.25. The van der Waals surface area contributed by atoms with Gasteiger partial charge in [0.25, 0.3) is 0 Å². The summed E-state index contributed by atoms with van der Waals surface area (Å²) in [4.78, 5) is 15.4. The first-order chi connectivity index (χ1) is 13.7. The number of piperazine rings is 1. The standard InChI is InChI=1S/C23H30N2O3.ClH/c26-22(27)12-7-13-24-14-16-25(17-15-24)18-19-28-23(20-8-3-1-4-9-20)21-10-5-2-6-11-21;/h1-6,8-11,23H,7,12-19H2,(H,26,27);1H. The number of nitrogens with zero attached hydrogens (tertiary/aromatic N) is 2. The summed E-state index contributed by atoms with van der Waals surface area (Å²) in [6.45, 7) is 6.50. The van der Waals surface area contributed by atoms with Crippen LogP contribution in [0, 0.1) is 0 Å². The summed E-state index contributed by atoms with van der Waals surface area (Å²) in [5, 5.41) is 8.75. The van der Waals surface area contributed by atoms with Crippen LogP contribution >= 0.6 is 12.4 Å². The van der Waals surface area contributed by atoms with Crippen LogP contribution in [-0.2, 0) is 9.53 Å². The molecule has 0 bridgehead atoms. The lowest BCUT2D eigenvalue weighted by Gasteiger charge is -2.34. The number of carboxylic acid groups (broad SMARTS) is 1. The number of ether oxygens (including phenoxy) is 1. The molecule has 3 rings (SSSR count). The summed E-state index contributed by atoms with van der Waals surface area (Å²) in [5.41, 5.74) is 2.36. The Labute approximate surface area is 179 Å². The third-order valence-electron chi connectivity index (χ3n) is 5.23. The Kier molecular flexibility index (Phi) is 10.2. The molecule has 6 heteroatoms. The van der Waals surface area contributed by atoms with Gasteiger partial charge in [0.05, 0.1) is 6.61 Å². The zero-order chi connectivity index (χ0) is 19.6. The molecule has 0 aliphatic carbocycles. The highest BCUT2D eigenvalue weighted by Gasteiger charge is 2.18. The lowest BCUT2D eigenvalue weighted by Crippen LogP contribution is -2.47. The summed E-state index contributed by atoms with van der Waals surface area (Å²) in [6.07, 6.45) is 0.947. The molecule has 1 N–H and O–H groups in total. The molecule has 0 spiro atoms. The zero-order valence-corrected chi connectivity index (χ0v) is 17.6. The summed E-state index contributed by atoms with van der Waals surface area (Å²) < 4.78 is 6.31. The van der Waals surface area contributed by atoms with Crippen LogP contribution in [0.15, 0.2) is 60.7 Å². The molecule has 1 aliphatic heterocycles. The largest absolute Gasteiger partial charge is 0.481 e. The van der Waals surface area contributed by atoms with Gasteiger partial charge in [-0.2, -0.15) is 0 Å². The van der Waals surface area contributed by atoms with Crippen LogP contribution in [0.4, 0.5) is 0 Å². The predicted octanol–water partition coefficient (Wildman–Crippen LogP) is 3.70. The quantitative estimate of drug-likeness (QED) is 0.637. The Bertz CT molecular complexity index is 667. The van der Waals surface area contributed by atoms with E-state index >= 15 is 0 Å². The van der Waals surface area contributed by atoms with E-state index in [1.54, 1.807) is 0 Å². The highest BCUT2D eigenvalue weighted by molar-refractivity contribution is 5.85. The lowest BCUT2D eigenvalue weighted by molar-refractivity contribution is -0.137. The summed E-state index contributed by atoms with van der Waals surface area (Å²) >= 11 is 0. The third-order valence-corrected chi connectivity index (χ3v) is 5.23. The minimum Gasteiger partial charge on any atom is -0.481 e. The topological polar surface area (TPSA) is 53.0 Å². The van der Waals surface area contributed by atoms with Gasteiger partial charge in [0.15, 0.2) is 0 Å². The summed E-state index contributed by atoms with van der Waals surface area (Å²) in [6, 6.07) is 20.7. The number of hydrogen-bond acceptors (Lipinski definition) is 4. The molecule has 0 saturated carbocycles. The van der Waals surface area contributed by atoms with Gasteiger partial charge < -0.3 is 14.7 Å². The molecule has 0 aromatic heterocycles. The van der Waals surface area contributed by atoms with E-state index in [9.17, 15) is 4.79 Å². The average molecular weight is 419 g/mol. The van der Waals surface area contributed by atoms with Crippen molar-refractivity contribution < 1.29 is 14.6 Å². The number of halogens is 1. The zero-order valence-electron chi connectivity index (χ0n) is 16.8. The number of rotatable bonds is 10. The van der Waals surface area contributed by atoms with Crippen LogP contribution in [0.25, 0.3) is 0 Å². The van der Waals surface area contributed by atoms with E-state index < -0.39 is 5.97 Å². The second-order valence-corrected chi connectivity index (χ2v) is 7.25. The van der Waals surface area contributed by atoms with Crippen molar-refractivity contribution in [3.63, 3.8) is 0 Å². The minimum absolute atomic E-state index is 0. The molecule has 0 atom stereocenters. The van der Waals surface area contributed by atoms with Crippen molar-refractivity contribution in [2.45, 2.75) is 18.9 Å². The van der Waals surface area contributed by atoms with E-state index in [1.807, 2.05) is 12.1 Å². The van der Waals surface area contributed by atoms with Gasteiger partial charge in [-0.15, -0.1) is 12.4 Å². The van der Waals surface area contributed by atoms with Gasteiger partial charge in [0.1, 0.15) is 6.10 Å². The highest BCUT2D eigenvalue weighted by atomic mass is 35.5. The van der Waals surface area contributed by atoms with Gasteiger partial charge in [-0.1, -0.05) is 60.7 Å². The maximum absolute atomic E-state index is 10.6. The Hall–Kier alpha value is -1.92. The molecule has 1 aliphatic rings. The molecular formula is C23H31ClN2O3. The molecule has 1 heterocycles. The number of benzene rings is 2. The molecule has 1 fully saturated rings. The SMILES string of the molecule is Cl.O=C(O)CCCN1CCN(CCOC(c2ccccc2)c2ccccc2)CC1. The fourth-order valence-electron chi connectivity index (χ4n) is 3.63. The van der Waals surface area contributed by atoms with Crippen molar-refractivity contribution in [1.82, 2.24) is 9.80 Å². The molecule has 2 aromatic carbocycles. The molecular weight excluding hydrogens is 388 g/mol. The number of hydrogen-bond donors (Lipinski definition) is 1. The Morgan fingerprint density at radius 2 is 1.34 bits per heavy atom. The van der Waals surface area contributed by atoms with E-state index in [1.165, 1.54) is 11.1 Å². The van der Waals surface area contributed by atoms with E-state index in [4.69, 9.17) is 9.84 Å². The van der Waals surface area contributed by atoms with Gasteiger partial charge in [-0.05, 0) is 24.1 Å². The maximum Gasteiger partial charge on any atom is 0.303 e. The molecule has 2 aromatic rings. The van der Waals surface area contributed by atoms with Crippen molar-refractivity contribution in [3.05, 3.63) is 71.8 Å². The van der Waals surface area contributed by atoms with E-state index in [0.717, 1.165) is 45.7 Å². The monoisotopic (exact) mass is 418 g/mol. The Morgan fingerprint density at radius 3 is 1.83 bits per heavy atom. The van der Waals surface area contributed by atoms with Crippen LogP contribution in [0.2, 0.25) is 0 Å². The molecule has 29 heavy (non-hydrogen) atoms. The smallest absolute Gasteiger partial charge is 0.303 e.